The van der Waals surface area contributed by atoms with E-state index < -0.39 is 0 Å². The number of hydrogen-bond acceptors (Lipinski definition) is 2. The monoisotopic (exact) mass is 344 g/mol. The lowest BCUT2D eigenvalue weighted by Crippen LogP contribution is -2.02. The van der Waals surface area contributed by atoms with Gasteiger partial charge in [0, 0.05) is 21.1 Å². The Morgan fingerprint density at radius 2 is 2.00 bits per heavy atom. The molecule has 5 heteroatoms. The van der Waals surface area contributed by atoms with Crippen LogP contribution in [0.15, 0.2) is 34.8 Å². The van der Waals surface area contributed by atoms with E-state index in [-0.39, 0.29) is 0 Å². The predicted molar refractivity (Wildman–Crippen MR) is 80.5 cm³/mol. The Balaban J connectivity index is 2.09. The highest BCUT2D eigenvalue weighted by atomic mass is 79.9. The summed E-state index contributed by atoms with van der Waals surface area (Å²) in [5.74, 6) is 0.821. The number of nitrogens with zero attached hydrogens (tertiary/aromatic N) is 1. The Morgan fingerprint density at radius 1 is 1.22 bits per heavy atom. The van der Waals surface area contributed by atoms with Crippen molar-refractivity contribution >= 4 is 44.9 Å². The van der Waals surface area contributed by atoms with Gasteiger partial charge in [0.2, 0.25) is 0 Å². The highest BCUT2D eigenvalue weighted by Crippen LogP contribution is 2.22. The molecule has 0 bridgehead atoms. The normalized spacial score (nSPS) is 10.4. The van der Waals surface area contributed by atoms with Gasteiger partial charge in [-0.05, 0) is 52.7 Å². The van der Waals surface area contributed by atoms with Crippen molar-refractivity contribution in [2.24, 2.45) is 0 Å². The molecule has 0 amide bonds. The number of pyridine rings is 1. The van der Waals surface area contributed by atoms with Crippen LogP contribution < -0.4 is 5.32 Å². The molecule has 0 aliphatic carbocycles. The molecule has 0 saturated heterocycles. The minimum atomic E-state index is 0.615. The number of aryl methyl sites for hydroxylation is 1. The van der Waals surface area contributed by atoms with Gasteiger partial charge in [-0.2, -0.15) is 0 Å². The van der Waals surface area contributed by atoms with Crippen LogP contribution in [0.4, 0.5) is 5.82 Å². The lowest BCUT2D eigenvalue weighted by atomic mass is 10.2. The standard InChI is InChI=1S/C13H11BrCl2N2/c1-8-11(14)4-5-13(18-8)17-7-9-2-3-10(15)6-12(9)16/h2-6H,7H2,1H3,(H,17,18). The lowest BCUT2D eigenvalue weighted by molar-refractivity contribution is 1.08. The van der Waals surface area contributed by atoms with Gasteiger partial charge in [-0.3, -0.25) is 0 Å². The zero-order valence-electron chi connectivity index (χ0n) is 9.67. The molecule has 0 unspecified atom stereocenters. The Kier molecular flexibility index (Phi) is 4.49. The van der Waals surface area contributed by atoms with Gasteiger partial charge in [0.05, 0.1) is 5.69 Å². The molecule has 0 saturated carbocycles. The predicted octanol–water partition coefficient (Wildman–Crippen LogP) is 5.07. The van der Waals surface area contributed by atoms with Gasteiger partial charge >= 0.3 is 0 Å². The number of rotatable bonds is 3. The SMILES string of the molecule is Cc1nc(NCc2ccc(Cl)cc2Cl)ccc1Br. The van der Waals surface area contributed by atoms with E-state index in [1.54, 1.807) is 6.07 Å². The summed E-state index contributed by atoms with van der Waals surface area (Å²) in [6.07, 6.45) is 0. The summed E-state index contributed by atoms with van der Waals surface area (Å²) in [6.45, 7) is 2.56. The van der Waals surface area contributed by atoms with Crippen LogP contribution >= 0.6 is 39.1 Å². The van der Waals surface area contributed by atoms with Gasteiger partial charge in [0.15, 0.2) is 0 Å². The molecule has 2 rings (SSSR count). The van der Waals surface area contributed by atoms with Crippen LogP contribution in [-0.4, -0.2) is 4.98 Å². The fraction of sp³-hybridized carbons (Fsp3) is 0.154. The quantitative estimate of drug-likeness (QED) is 0.839. The van der Waals surface area contributed by atoms with Crippen LogP contribution in [0.25, 0.3) is 0 Å². The van der Waals surface area contributed by atoms with Crippen molar-refractivity contribution in [1.29, 1.82) is 0 Å². The van der Waals surface area contributed by atoms with E-state index in [1.165, 1.54) is 0 Å². The smallest absolute Gasteiger partial charge is 0.126 e. The van der Waals surface area contributed by atoms with Crippen LogP contribution in [0, 0.1) is 6.92 Å². The molecule has 0 atom stereocenters. The summed E-state index contributed by atoms with van der Waals surface area (Å²) in [5, 5.41) is 4.53. The number of aromatic nitrogens is 1. The van der Waals surface area contributed by atoms with Crippen molar-refractivity contribution < 1.29 is 0 Å². The van der Waals surface area contributed by atoms with E-state index in [2.05, 4.69) is 26.2 Å². The fourth-order valence-electron chi connectivity index (χ4n) is 1.49. The molecule has 1 aromatic heterocycles. The van der Waals surface area contributed by atoms with Crippen LogP contribution in [0.1, 0.15) is 11.3 Å². The highest BCUT2D eigenvalue weighted by molar-refractivity contribution is 9.10. The van der Waals surface area contributed by atoms with Gasteiger partial charge in [-0.15, -0.1) is 0 Å². The minimum Gasteiger partial charge on any atom is -0.366 e. The first-order chi connectivity index (χ1) is 8.56. The van der Waals surface area contributed by atoms with E-state index in [0.717, 1.165) is 21.5 Å². The Morgan fingerprint density at radius 3 is 2.67 bits per heavy atom. The highest BCUT2D eigenvalue weighted by Gasteiger charge is 2.03. The third-order valence-electron chi connectivity index (χ3n) is 2.50. The molecule has 0 fully saturated rings. The van der Waals surface area contributed by atoms with E-state index in [1.807, 2.05) is 31.2 Å². The van der Waals surface area contributed by atoms with Gasteiger partial charge < -0.3 is 5.32 Å². The number of halogens is 3. The molecular formula is C13H11BrCl2N2. The topological polar surface area (TPSA) is 24.9 Å². The van der Waals surface area contributed by atoms with Crippen molar-refractivity contribution in [1.82, 2.24) is 4.98 Å². The lowest BCUT2D eigenvalue weighted by Gasteiger charge is -2.09. The summed E-state index contributed by atoms with van der Waals surface area (Å²) in [6, 6.07) is 9.35. The number of anilines is 1. The molecular weight excluding hydrogens is 335 g/mol. The Labute approximate surface area is 124 Å². The van der Waals surface area contributed by atoms with Crippen molar-refractivity contribution in [2.75, 3.05) is 5.32 Å². The largest absolute Gasteiger partial charge is 0.366 e. The second-order valence-electron chi connectivity index (χ2n) is 3.85. The number of nitrogens with one attached hydrogen (secondary N) is 1. The maximum absolute atomic E-state index is 6.10. The summed E-state index contributed by atoms with van der Waals surface area (Å²) in [7, 11) is 0. The summed E-state index contributed by atoms with van der Waals surface area (Å²) in [4.78, 5) is 4.41. The molecule has 2 nitrogen and oxygen atoms in total. The molecule has 0 aliphatic rings. The van der Waals surface area contributed by atoms with E-state index >= 15 is 0 Å². The minimum absolute atomic E-state index is 0.615. The first-order valence-corrected chi connectivity index (χ1v) is 6.92. The second kappa shape index (κ2) is 5.91. The van der Waals surface area contributed by atoms with Crippen molar-refractivity contribution in [3.63, 3.8) is 0 Å². The van der Waals surface area contributed by atoms with E-state index in [9.17, 15) is 0 Å². The van der Waals surface area contributed by atoms with Crippen molar-refractivity contribution in [2.45, 2.75) is 13.5 Å². The van der Waals surface area contributed by atoms with Gasteiger partial charge in [0.25, 0.3) is 0 Å². The first-order valence-electron chi connectivity index (χ1n) is 5.37. The molecule has 1 heterocycles. The van der Waals surface area contributed by atoms with Gasteiger partial charge in [0.1, 0.15) is 5.82 Å². The maximum Gasteiger partial charge on any atom is 0.126 e. The van der Waals surface area contributed by atoms with Crippen LogP contribution in [0.5, 0.6) is 0 Å². The van der Waals surface area contributed by atoms with Crippen molar-refractivity contribution in [3.05, 3.63) is 56.1 Å². The molecule has 1 N–H and O–H groups in total. The zero-order chi connectivity index (χ0) is 13.1. The number of hydrogen-bond donors (Lipinski definition) is 1. The van der Waals surface area contributed by atoms with Crippen LogP contribution in [0.3, 0.4) is 0 Å². The van der Waals surface area contributed by atoms with Gasteiger partial charge in [-0.1, -0.05) is 29.3 Å². The molecule has 0 aliphatic heterocycles. The summed E-state index contributed by atoms with van der Waals surface area (Å²) < 4.78 is 0.998. The first kappa shape index (κ1) is 13.7. The molecule has 0 spiro atoms. The van der Waals surface area contributed by atoms with Crippen LogP contribution in [0.2, 0.25) is 10.0 Å². The third kappa shape index (κ3) is 3.37. The average Bonchev–Trinajstić information content (AvgIpc) is 2.32. The maximum atomic E-state index is 6.10. The Hall–Kier alpha value is -0.770. The van der Waals surface area contributed by atoms with E-state index in [0.29, 0.717) is 16.6 Å². The molecule has 0 radical (unpaired) electrons. The Bertz CT molecular complexity index is 573. The molecule has 2 aromatic rings. The molecule has 18 heavy (non-hydrogen) atoms. The van der Waals surface area contributed by atoms with E-state index in [4.69, 9.17) is 23.2 Å². The fourth-order valence-corrected chi connectivity index (χ4v) is 2.19. The second-order valence-corrected chi connectivity index (χ2v) is 5.55. The molecule has 1 aromatic carbocycles. The van der Waals surface area contributed by atoms with Gasteiger partial charge in [-0.25, -0.2) is 4.98 Å². The van der Waals surface area contributed by atoms with Crippen molar-refractivity contribution in [3.8, 4) is 0 Å². The average molecular weight is 346 g/mol. The number of benzene rings is 1. The molecule has 94 valence electrons. The third-order valence-corrected chi connectivity index (χ3v) is 3.92. The summed E-state index contributed by atoms with van der Waals surface area (Å²) >= 11 is 15.4. The summed E-state index contributed by atoms with van der Waals surface area (Å²) in [5.41, 5.74) is 1.94. The van der Waals surface area contributed by atoms with Crippen LogP contribution in [-0.2, 0) is 6.54 Å². The zero-order valence-corrected chi connectivity index (χ0v) is 12.8.